The van der Waals surface area contributed by atoms with Gasteiger partial charge in [-0.25, -0.2) is 0 Å². The second-order valence-corrected chi connectivity index (χ2v) is 21.8. The van der Waals surface area contributed by atoms with Crippen LogP contribution >= 0.6 is 0 Å². The van der Waals surface area contributed by atoms with Crippen molar-refractivity contribution in [2.75, 3.05) is 0 Å². The molecule has 0 radical (unpaired) electrons. The van der Waals surface area contributed by atoms with Gasteiger partial charge in [0.1, 0.15) is 0 Å². The van der Waals surface area contributed by atoms with E-state index in [-0.39, 0.29) is 31.9 Å². The number of rotatable bonds is 4. The minimum atomic E-state index is 0. The summed E-state index contributed by atoms with van der Waals surface area (Å²) in [4.78, 5) is 0. The van der Waals surface area contributed by atoms with Gasteiger partial charge in [-0.15, -0.1) is 0 Å². The van der Waals surface area contributed by atoms with E-state index >= 15 is 0 Å². The molecule has 1 heteroatoms. The number of benzene rings is 2. The number of hydrogen-bond donors (Lipinski definition) is 0. The van der Waals surface area contributed by atoms with Crippen LogP contribution in [-0.4, -0.2) is 0 Å². The summed E-state index contributed by atoms with van der Waals surface area (Å²) >= 11 is 0. The fraction of sp³-hybridized carbons (Fsp3) is 0.767. The predicted molar refractivity (Wildman–Crippen MR) is 282 cm³/mol. The third kappa shape index (κ3) is 38.0. The van der Waals surface area contributed by atoms with Crippen molar-refractivity contribution in [1.29, 1.82) is 0 Å². The third-order valence-corrected chi connectivity index (χ3v) is 12.8. The van der Waals surface area contributed by atoms with Gasteiger partial charge >= 0.3 is 17.1 Å². The summed E-state index contributed by atoms with van der Waals surface area (Å²) in [6.07, 6.45) is 26.2. The second-order valence-electron chi connectivity index (χ2n) is 21.8. The molecule has 4 aliphatic rings. The molecule has 0 heterocycles. The standard InChI is InChI=1S/2C9H18.2C9H12.2C8H16.2C3H8.2CH3.Fe/c2*1-9(2,3)8-6-4-5-7-8;2*1-8(2)9-6-4-3-5-7-9;2*1-7(2)8-5-3-4-6-8;2*1-3-2;;;/h2*8H,4-7H2,1-3H3;2*3-8H,1-2H3;2*7-8H,3-6H2,1-2H3;2*3H2,1-2H3;2*1H3;/q;;;;;;;;2*-1;+2. The Kier molecular flexibility index (Phi) is 47.1. The van der Waals surface area contributed by atoms with Crippen LogP contribution in [-0.2, 0) is 17.1 Å². The van der Waals surface area contributed by atoms with E-state index in [1.54, 1.807) is 0 Å². The largest absolute Gasteiger partial charge is 2.00 e. The van der Waals surface area contributed by atoms with E-state index in [9.17, 15) is 0 Å². The maximum absolute atomic E-state index is 2.36. The van der Waals surface area contributed by atoms with Crippen molar-refractivity contribution in [1.82, 2.24) is 0 Å². The Hall–Kier alpha value is -1.04. The Balaban J connectivity index is -0.000000198. The molecular weight excluding hydrogens is 777 g/mol. The molecule has 0 saturated heterocycles. The molecule has 2 aromatic rings. The topological polar surface area (TPSA) is 0 Å². The Morgan fingerprint density at radius 2 is 0.590 bits per heavy atom. The molecule has 61 heavy (non-hydrogen) atoms. The first kappa shape index (κ1) is 69.0. The van der Waals surface area contributed by atoms with Gasteiger partial charge in [-0.2, -0.15) is 0 Å². The minimum absolute atomic E-state index is 0. The Morgan fingerprint density at radius 3 is 0.705 bits per heavy atom. The van der Waals surface area contributed by atoms with E-state index in [0.717, 1.165) is 35.5 Å². The van der Waals surface area contributed by atoms with Gasteiger partial charge in [0.2, 0.25) is 0 Å². The smallest absolute Gasteiger partial charge is 0.358 e. The van der Waals surface area contributed by atoms with Gasteiger partial charge in [-0.1, -0.05) is 275 Å². The fourth-order valence-electron chi connectivity index (χ4n) is 8.51. The molecule has 4 fully saturated rings. The van der Waals surface area contributed by atoms with Crippen molar-refractivity contribution >= 4 is 0 Å². The molecule has 0 unspecified atom stereocenters. The van der Waals surface area contributed by atoms with Gasteiger partial charge in [0.15, 0.2) is 0 Å². The Labute approximate surface area is 400 Å². The van der Waals surface area contributed by atoms with Gasteiger partial charge in [0.05, 0.1) is 0 Å². The first-order valence-corrected chi connectivity index (χ1v) is 25.4. The molecule has 0 aromatic heterocycles. The van der Waals surface area contributed by atoms with E-state index in [0.29, 0.717) is 22.7 Å². The predicted octanol–water partition coefficient (Wildman–Crippen LogP) is 21.5. The van der Waals surface area contributed by atoms with Crippen LogP contribution in [0.4, 0.5) is 0 Å². The molecule has 4 saturated carbocycles. The first-order valence-electron chi connectivity index (χ1n) is 25.4. The minimum Gasteiger partial charge on any atom is -0.358 e. The molecule has 0 N–H and O–H groups in total. The first-order chi connectivity index (χ1) is 27.3. The average molecular weight is 891 g/mol. The second kappa shape index (κ2) is 41.6. The zero-order chi connectivity index (χ0) is 44.6. The van der Waals surface area contributed by atoms with Crippen LogP contribution in [0.5, 0.6) is 0 Å². The quantitative estimate of drug-likeness (QED) is 0.212. The molecule has 362 valence electrons. The molecule has 0 nitrogen and oxygen atoms in total. The molecule has 6 rings (SSSR count). The van der Waals surface area contributed by atoms with Gasteiger partial charge in [0, 0.05) is 0 Å². The maximum Gasteiger partial charge on any atom is 2.00 e. The summed E-state index contributed by atoms with van der Waals surface area (Å²) in [5, 5.41) is 0. The van der Waals surface area contributed by atoms with Crippen LogP contribution in [0.3, 0.4) is 0 Å². The van der Waals surface area contributed by atoms with Crippen LogP contribution in [0, 0.1) is 61.2 Å². The summed E-state index contributed by atoms with van der Waals surface area (Å²) in [5.41, 5.74) is 3.99. The SMILES string of the molecule is CC(C)(C)C1CCCC1.CC(C)(C)C1CCCC1.CC(C)C1CCCC1.CC(C)C1CCCC1.CC(C)c1ccccc1.CC(C)c1ccccc1.CCC.CCC.[CH3-].[CH3-].[Fe+2]. The van der Waals surface area contributed by atoms with Crippen LogP contribution < -0.4 is 0 Å². The van der Waals surface area contributed by atoms with Crippen LogP contribution in [0.15, 0.2) is 60.7 Å². The summed E-state index contributed by atoms with van der Waals surface area (Å²) in [6, 6.07) is 21.0. The third-order valence-electron chi connectivity index (χ3n) is 12.8. The molecule has 2 aromatic carbocycles. The Morgan fingerprint density at radius 1 is 0.393 bits per heavy atom. The van der Waals surface area contributed by atoms with E-state index in [4.69, 9.17) is 0 Å². The van der Waals surface area contributed by atoms with E-state index in [2.05, 4.69) is 173 Å². The van der Waals surface area contributed by atoms with Crippen molar-refractivity contribution in [2.24, 2.45) is 46.3 Å². The van der Waals surface area contributed by atoms with Gasteiger partial charge in [-0.05, 0) is 95.0 Å². The van der Waals surface area contributed by atoms with Crippen molar-refractivity contribution in [2.45, 2.75) is 252 Å². The fourth-order valence-corrected chi connectivity index (χ4v) is 8.51. The van der Waals surface area contributed by atoms with Crippen LogP contribution in [0.1, 0.15) is 263 Å². The van der Waals surface area contributed by atoms with Crippen LogP contribution in [0.2, 0.25) is 0 Å². The van der Waals surface area contributed by atoms with E-state index in [1.807, 2.05) is 12.1 Å². The monoisotopic (exact) mass is 891 g/mol. The van der Waals surface area contributed by atoms with E-state index in [1.165, 1.54) is 127 Å². The maximum atomic E-state index is 2.36. The molecule has 0 aliphatic heterocycles. The van der Waals surface area contributed by atoms with Crippen molar-refractivity contribution in [3.8, 4) is 0 Å². The summed E-state index contributed by atoms with van der Waals surface area (Å²) in [6.45, 7) is 40.9. The Bertz CT molecular complexity index is 1000. The summed E-state index contributed by atoms with van der Waals surface area (Å²) in [5.74, 6) is 7.35. The molecular formula is C60H114Fe. The zero-order valence-electron chi connectivity index (χ0n) is 45.5. The summed E-state index contributed by atoms with van der Waals surface area (Å²) < 4.78 is 0. The average Bonchev–Trinajstić information content (AvgIpc) is 4.02. The molecule has 0 amide bonds. The van der Waals surface area contributed by atoms with E-state index < -0.39 is 0 Å². The van der Waals surface area contributed by atoms with Gasteiger partial charge < -0.3 is 14.9 Å². The molecule has 0 atom stereocenters. The van der Waals surface area contributed by atoms with Crippen molar-refractivity contribution < 1.29 is 17.1 Å². The molecule has 4 aliphatic carbocycles. The van der Waals surface area contributed by atoms with Gasteiger partial charge in [-0.3, -0.25) is 0 Å². The normalized spacial score (nSPS) is 16.4. The summed E-state index contributed by atoms with van der Waals surface area (Å²) in [7, 11) is 0. The zero-order valence-corrected chi connectivity index (χ0v) is 46.6. The van der Waals surface area contributed by atoms with Crippen molar-refractivity contribution in [3.63, 3.8) is 0 Å². The number of hydrogen-bond acceptors (Lipinski definition) is 0. The molecule has 0 spiro atoms. The molecule has 0 bridgehead atoms. The van der Waals surface area contributed by atoms with Gasteiger partial charge in [0.25, 0.3) is 0 Å². The van der Waals surface area contributed by atoms with Crippen molar-refractivity contribution in [3.05, 3.63) is 86.6 Å². The van der Waals surface area contributed by atoms with Crippen LogP contribution in [0.25, 0.3) is 0 Å².